The molecular weight excluding hydrogens is 222 g/mol. The Morgan fingerprint density at radius 2 is 1.69 bits per heavy atom. The standard InChI is InChI=1S/C12H22ClN3/c1-6-10(7-2)9(5)16-11(8(3)4)14-15-12(16)13/h8-10H,6-7H2,1-5H3. The largest absolute Gasteiger partial charge is 0.298 e. The average Bonchev–Trinajstić information content (AvgIpc) is 2.61. The van der Waals surface area contributed by atoms with Crippen LogP contribution in [0.1, 0.15) is 65.2 Å². The van der Waals surface area contributed by atoms with Crippen molar-refractivity contribution in [2.75, 3.05) is 0 Å². The molecule has 92 valence electrons. The van der Waals surface area contributed by atoms with Gasteiger partial charge < -0.3 is 0 Å². The lowest BCUT2D eigenvalue weighted by Crippen LogP contribution is -2.18. The minimum atomic E-state index is 0.358. The fourth-order valence-electron chi connectivity index (χ4n) is 2.24. The molecule has 1 aromatic rings. The summed E-state index contributed by atoms with van der Waals surface area (Å²) in [6.45, 7) is 10.9. The van der Waals surface area contributed by atoms with Crippen molar-refractivity contribution in [3.05, 3.63) is 11.1 Å². The van der Waals surface area contributed by atoms with E-state index in [0.717, 1.165) is 18.7 Å². The SMILES string of the molecule is CCC(CC)C(C)n1c(Cl)nnc1C(C)C. The number of aromatic nitrogens is 3. The Morgan fingerprint density at radius 3 is 2.12 bits per heavy atom. The number of nitrogens with zero attached hydrogens (tertiary/aromatic N) is 3. The van der Waals surface area contributed by atoms with E-state index in [0.29, 0.717) is 23.2 Å². The Morgan fingerprint density at radius 1 is 1.12 bits per heavy atom. The maximum atomic E-state index is 6.13. The van der Waals surface area contributed by atoms with Crippen LogP contribution in [-0.4, -0.2) is 14.8 Å². The molecular formula is C12H22ClN3. The highest BCUT2D eigenvalue weighted by atomic mass is 35.5. The molecule has 0 amide bonds. The Kier molecular flexibility index (Phi) is 4.78. The molecule has 1 aromatic heterocycles. The van der Waals surface area contributed by atoms with Gasteiger partial charge in [-0.05, 0) is 24.4 Å². The van der Waals surface area contributed by atoms with Crippen molar-refractivity contribution in [3.63, 3.8) is 0 Å². The minimum absolute atomic E-state index is 0.358. The van der Waals surface area contributed by atoms with Gasteiger partial charge in [0.25, 0.3) is 0 Å². The summed E-state index contributed by atoms with van der Waals surface area (Å²) in [7, 11) is 0. The van der Waals surface area contributed by atoms with Crippen LogP contribution in [0.2, 0.25) is 5.28 Å². The minimum Gasteiger partial charge on any atom is -0.298 e. The van der Waals surface area contributed by atoms with Gasteiger partial charge in [-0.1, -0.05) is 40.5 Å². The molecule has 0 saturated heterocycles. The fourth-order valence-corrected chi connectivity index (χ4v) is 2.51. The van der Waals surface area contributed by atoms with E-state index in [2.05, 4.69) is 49.4 Å². The molecule has 1 unspecified atom stereocenters. The molecule has 1 heterocycles. The van der Waals surface area contributed by atoms with Crippen LogP contribution < -0.4 is 0 Å². The summed E-state index contributed by atoms with van der Waals surface area (Å²) in [6, 6.07) is 0.370. The molecule has 0 aliphatic rings. The monoisotopic (exact) mass is 243 g/mol. The van der Waals surface area contributed by atoms with Crippen molar-refractivity contribution < 1.29 is 0 Å². The average molecular weight is 244 g/mol. The van der Waals surface area contributed by atoms with Gasteiger partial charge in [0, 0.05) is 12.0 Å². The molecule has 0 bridgehead atoms. The normalized spacial score (nSPS) is 13.8. The summed E-state index contributed by atoms with van der Waals surface area (Å²) >= 11 is 6.13. The second-order valence-electron chi connectivity index (χ2n) is 4.67. The summed E-state index contributed by atoms with van der Waals surface area (Å²) in [6.07, 6.45) is 2.31. The van der Waals surface area contributed by atoms with Crippen molar-refractivity contribution >= 4 is 11.6 Å². The third kappa shape index (κ3) is 2.57. The molecule has 1 atom stereocenters. The predicted molar refractivity (Wildman–Crippen MR) is 67.9 cm³/mol. The molecule has 0 N–H and O–H groups in total. The molecule has 0 saturated carbocycles. The van der Waals surface area contributed by atoms with Gasteiger partial charge >= 0.3 is 0 Å². The highest BCUT2D eigenvalue weighted by molar-refractivity contribution is 6.28. The topological polar surface area (TPSA) is 30.7 Å². The zero-order valence-corrected chi connectivity index (χ0v) is 11.6. The highest BCUT2D eigenvalue weighted by Crippen LogP contribution is 2.30. The van der Waals surface area contributed by atoms with E-state index in [1.165, 1.54) is 0 Å². The van der Waals surface area contributed by atoms with Crippen LogP contribution in [0.3, 0.4) is 0 Å². The van der Waals surface area contributed by atoms with Gasteiger partial charge in [0.1, 0.15) is 5.82 Å². The molecule has 16 heavy (non-hydrogen) atoms. The second-order valence-corrected chi connectivity index (χ2v) is 5.01. The van der Waals surface area contributed by atoms with Gasteiger partial charge in [-0.2, -0.15) is 0 Å². The maximum absolute atomic E-state index is 6.13. The quantitative estimate of drug-likeness (QED) is 0.781. The van der Waals surface area contributed by atoms with Crippen LogP contribution in [0.5, 0.6) is 0 Å². The molecule has 0 aliphatic carbocycles. The van der Waals surface area contributed by atoms with Gasteiger partial charge in [-0.3, -0.25) is 4.57 Å². The maximum Gasteiger partial charge on any atom is 0.225 e. The van der Waals surface area contributed by atoms with E-state index < -0.39 is 0 Å². The van der Waals surface area contributed by atoms with Crippen LogP contribution in [0, 0.1) is 5.92 Å². The van der Waals surface area contributed by atoms with Crippen molar-refractivity contribution in [1.29, 1.82) is 0 Å². The summed E-state index contributed by atoms with van der Waals surface area (Å²) in [5.41, 5.74) is 0. The van der Waals surface area contributed by atoms with Gasteiger partial charge in [0.05, 0.1) is 0 Å². The Hall–Kier alpha value is -0.570. The van der Waals surface area contributed by atoms with E-state index in [4.69, 9.17) is 11.6 Å². The molecule has 0 aromatic carbocycles. The molecule has 4 heteroatoms. The zero-order chi connectivity index (χ0) is 12.3. The molecule has 0 spiro atoms. The molecule has 1 rings (SSSR count). The summed E-state index contributed by atoms with van der Waals surface area (Å²) in [5, 5.41) is 8.67. The third-order valence-electron chi connectivity index (χ3n) is 3.34. The van der Waals surface area contributed by atoms with Gasteiger partial charge in [-0.15, -0.1) is 10.2 Å². The van der Waals surface area contributed by atoms with Crippen molar-refractivity contribution in [2.45, 2.75) is 59.4 Å². The lowest BCUT2D eigenvalue weighted by atomic mass is 9.95. The first kappa shape index (κ1) is 13.5. The Balaban J connectivity index is 3.05. The lowest BCUT2D eigenvalue weighted by molar-refractivity contribution is 0.324. The third-order valence-corrected chi connectivity index (χ3v) is 3.59. The first-order valence-corrected chi connectivity index (χ1v) is 6.50. The van der Waals surface area contributed by atoms with Crippen molar-refractivity contribution in [1.82, 2.24) is 14.8 Å². The van der Waals surface area contributed by atoms with E-state index in [-0.39, 0.29) is 0 Å². The smallest absolute Gasteiger partial charge is 0.225 e. The fraction of sp³-hybridized carbons (Fsp3) is 0.833. The van der Waals surface area contributed by atoms with Gasteiger partial charge in [0.15, 0.2) is 0 Å². The van der Waals surface area contributed by atoms with Gasteiger partial charge in [0.2, 0.25) is 5.28 Å². The summed E-state index contributed by atoms with van der Waals surface area (Å²) in [5.74, 6) is 1.98. The van der Waals surface area contributed by atoms with E-state index in [1.807, 2.05) is 0 Å². The highest BCUT2D eigenvalue weighted by Gasteiger charge is 2.22. The van der Waals surface area contributed by atoms with Crippen LogP contribution in [0.15, 0.2) is 0 Å². The molecule has 0 aliphatic heterocycles. The first-order valence-electron chi connectivity index (χ1n) is 6.13. The van der Waals surface area contributed by atoms with Gasteiger partial charge in [-0.25, -0.2) is 0 Å². The van der Waals surface area contributed by atoms with Crippen molar-refractivity contribution in [3.8, 4) is 0 Å². The van der Waals surface area contributed by atoms with E-state index in [1.54, 1.807) is 0 Å². The molecule has 0 radical (unpaired) electrons. The van der Waals surface area contributed by atoms with E-state index in [9.17, 15) is 0 Å². The zero-order valence-electron chi connectivity index (χ0n) is 10.9. The first-order chi connectivity index (χ1) is 7.52. The number of hydrogen-bond donors (Lipinski definition) is 0. The number of halogens is 1. The van der Waals surface area contributed by atoms with Crippen molar-refractivity contribution in [2.24, 2.45) is 5.92 Å². The molecule has 3 nitrogen and oxygen atoms in total. The number of rotatable bonds is 5. The Bertz CT molecular complexity index is 329. The second kappa shape index (κ2) is 5.67. The predicted octanol–water partition coefficient (Wildman–Crippen LogP) is 4.05. The molecule has 0 fully saturated rings. The van der Waals surface area contributed by atoms with Crippen LogP contribution in [0.4, 0.5) is 0 Å². The lowest BCUT2D eigenvalue weighted by Gasteiger charge is -2.25. The summed E-state index contributed by atoms with van der Waals surface area (Å²) in [4.78, 5) is 0. The van der Waals surface area contributed by atoms with Crippen LogP contribution in [-0.2, 0) is 0 Å². The number of hydrogen-bond acceptors (Lipinski definition) is 2. The summed E-state index contributed by atoms with van der Waals surface area (Å²) < 4.78 is 2.09. The van der Waals surface area contributed by atoms with E-state index >= 15 is 0 Å². The van der Waals surface area contributed by atoms with Crippen LogP contribution >= 0.6 is 11.6 Å². The Labute approximate surface area is 103 Å². The van der Waals surface area contributed by atoms with Crippen LogP contribution in [0.25, 0.3) is 0 Å².